The number of aromatic nitrogens is 3. The van der Waals surface area contributed by atoms with Gasteiger partial charge in [0.2, 0.25) is 5.88 Å². The first kappa shape index (κ1) is 15.1. The molecule has 0 bridgehead atoms. The van der Waals surface area contributed by atoms with Gasteiger partial charge in [-0.3, -0.25) is 9.48 Å². The van der Waals surface area contributed by atoms with E-state index < -0.39 is 0 Å². The van der Waals surface area contributed by atoms with E-state index in [1.54, 1.807) is 23.3 Å². The molecule has 0 saturated carbocycles. The Kier molecular flexibility index (Phi) is 3.72. The fourth-order valence-corrected chi connectivity index (χ4v) is 3.48. The van der Waals surface area contributed by atoms with Crippen molar-refractivity contribution < 1.29 is 14.3 Å². The molecule has 2 aromatic heterocycles. The van der Waals surface area contributed by atoms with E-state index in [1.807, 2.05) is 30.1 Å². The predicted octanol–water partition coefficient (Wildman–Crippen LogP) is 1.27. The van der Waals surface area contributed by atoms with Crippen LogP contribution in [0.2, 0.25) is 0 Å². The number of pyridine rings is 1. The summed E-state index contributed by atoms with van der Waals surface area (Å²) >= 11 is 0. The van der Waals surface area contributed by atoms with Crippen LogP contribution in [-0.2, 0) is 11.8 Å². The van der Waals surface area contributed by atoms with Crippen LogP contribution in [0.1, 0.15) is 23.2 Å². The molecule has 0 aromatic carbocycles. The van der Waals surface area contributed by atoms with E-state index in [0.717, 1.165) is 12.8 Å². The SMILES string of the molecule is Cn1cc(C(=O)N2CC[C@]3(C[C@@H](Oc4ccccn4)CO3)C2)cn1. The van der Waals surface area contributed by atoms with Crippen molar-refractivity contribution in [3.8, 4) is 5.88 Å². The zero-order chi connectivity index (χ0) is 16.6. The van der Waals surface area contributed by atoms with Gasteiger partial charge in [-0.1, -0.05) is 6.07 Å². The Morgan fingerprint density at radius 1 is 1.46 bits per heavy atom. The monoisotopic (exact) mass is 328 g/mol. The highest BCUT2D eigenvalue weighted by molar-refractivity contribution is 5.94. The van der Waals surface area contributed by atoms with Crippen molar-refractivity contribution in [2.75, 3.05) is 19.7 Å². The molecule has 1 amide bonds. The Balaban J connectivity index is 1.38. The van der Waals surface area contributed by atoms with Gasteiger partial charge >= 0.3 is 0 Å². The van der Waals surface area contributed by atoms with Crippen LogP contribution >= 0.6 is 0 Å². The molecular formula is C17H20N4O3. The van der Waals surface area contributed by atoms with Crippen LogP contribution in [0.25, 0.3) is 0 Å². The summed E-state index contributed by atoms with van der Waals surface area (Å²) in [6.07, 6.45) is 6.66. The molecule has 24 heavy (non-hydrogen) atoms. The second-order valence-corrected chi connectivity index (χ2v) is 6.49. The van der Waals surface area contributed by atoms with Gasteiger partial charge in [0.1, 0.15) is 6.10 Å². The number of rotatable bonds is 3. The summed E-state index contributed by atoms with van der Waals surface area (Å²) in [6.45, 7) is 1.83. The molecule has 0 unspecified atom stereocenters. The Morgan fingerprint density at radius 2 is 2.38 bits per heavy atom. The van der Waals surface area contributed by atoms with Crippen LogP contribution in [0.3, 0.4) is 0 Å². The highest BCUT2D eigenvalue weighted by atomic mass is 16.6. The van der Waals surface area contributed by atoms with Crippen molar-refractivity contribution in [1.82, 2.24) is 19.7 Å². The molecule has 7 heteroatoms. The van der Waals surface area contributed by atoms with Gasteiger partial charge in [-0.25, -0.2) is 4.98 Å². The first-order valence-electron chi connectivity index (χ1n) is 8.13. The molecule has 0 aliphatic carbocycles. The number of hydrogen-bond acceptors (Lipinski definition) is 5. The lowest BCUT2D eigenvalue weighted by atomic mass is 9.98. The van der Waals surface area contributed by atoms with E-state index in [2.05, 4.69) is 10.1 Å². The summed E-state index contributed by atoms with van der Waals surface area (Å²) in [4.78, 5) is 18.6. The molecule has 4 rings (SSSR count). The highest BCUT2D eigenvalue weighted by Crippen LogP contribution is 2.36. The maximum Gasteiger partial charge on any atom is 0.257 e. The minimum absolute atomic E-state index is 0.0117. The van der Waals surface area contributed by atoms with Gasteiger partial charge in [0.15, 0.2) is 0 Å². The van der Waals surface area contributed by atoms with Gasteiger partial charge in [-0.15, -0.1) is 0 Å². The standard InChI is InChI=1S/C17H20N4O3/c1-20-10-13(9-19-20)16(22)21-7-5-17(12-21)8-14(11-23-17)24-15-4-2-3-6-18-15/h2-4,6,9-10,14H,5,7-8,11-12H2,1H3/t14-,17+/m1/s1. The smallest absolute Gasteiger partial charge is 0.257 e. The minimum atomic E-state index is -0.294. The number of amides is 1. The number of hydrogen-bond donors (Lipinski definition) is 0. The molecule has 7 nitrogen and oxygen atoms in total. The normalized spacial score (nSPS) is 26.2. The summed E-state index contributed by atoms with van der Waals surface area (Å²) in [7, 11) is 1.81. The molecular weight excluding hydrogens is 308 g/mol. The predicted molar refractivity (Wildman–Crippen MR) is 85.7 cm³/mol. The summed E-state index contributed by atoms with van der Waals surface area (Å²) in [5, 5.41) is 4.07. The Labute approximate surface area is 140 Å². The third-order valence-electron chi connectivity index (χ3n) is 4.66. The first-order valence-corrected chi connectivity index (χ1v) is 8.13. The molecule has 2 fully saturated rings. The topological polar surface area (TPSA) is 69.5 Å². The van der Waals surface area contributed by atoms with Crippen molar-refractivity contribution in [3.05, 3.63) is 42.4 Å². The number of likely N-dealkylation sites (tertiary alicyclic amines) is 1. The maximum absolute atomic E-state index is 12.5. The Morgan fingerprint density at radius 3 is 3.12 bits per heavy atom. The van der Waals surface area contributed by atoms with Crippen molar-refractivity contribution in [3.63, 3.8) is 0 Å². The molecule has 2 aliphatic rings. The number of nitrogens with zero attached hydrogens (tertiary/aromatic N) is 4. The third-order valence-corrected chi connectivity index (χ3v) is 4.66. The van der Waals surface area contributed by atoms with Crippen molar-refractivity contribution in [2.24, 2.45) is 7.05 Å². The lowest BCUT2D eigenvalue weighted by molar-refractivity contribution is 0.00985. The Hall–Kier alpha value is -2.41. The largest absolute Gasteiger partial charge is 0.472 e. The fraction of sp³-hybridized carbons (Fsp3) is 0.471. The van der Waals surface area contributed by atoms with Crippen LogP contribution in [0.5, 0.6) is 5.88 Å². The second kappa shape index (κ2) is 5.90. The summed E-state index contributed by atoms with van der Waals surface area (Å²) in [5.41, 5.74) is 0.325. The number of aryl methyl sites for hydroxylation is 1. The molecule has 2 aromatic rings. The van der Waals surface area contributed by atoms with E-state index in [-0.39, 0.29) is 17.6 Å². The molecule has 1 spiro atoms. The van der Waals surface area contributed by atoms with Crippen molar-refractivity contribution in [2.45, 2.75) is 24.5 Å². The average molecular weight is 328 g/mol. The molecule has 2 saturated heterocycles. The van der Waals surface area contributed by atoms with E-state index in [9.17, 15) is 4.79 Å². The number of ether oxygens (including phenoxy) is 2. The summed E-state index contributed by atoms with van der Waals surface area (Å²) in [6, 6.07) is 5.61. The Bertz CT molecular complexity index is 732. The zero-order valence-corrected chi connectivity index (χ0v) is 13.6. The van der Waals surface area contributed by atoms with Crippen LogP contribution < -0.4 is 4.74 Å². The van der Waals surface area contributed by atoms with Gasteiger partial charge in [0, 0.05) is 38.5 Å². The second-order valence-electron chi connectivity index (χ2n) is 6.49. The van der Waals surface area contributed by atoms with Gasteiger partial charge < -0.3 is 14.4 Å². The minimum Gasteiger partial charge on any atom is -0.472 e. The van der Waals surface area contributed by atoms with Gasteiger partial charge in [-0.05, 0) is 12.5 Å². The molecule has 2 aliphatic heterocycles. The molecule has 126 valence electrons. The van der Waals surface area contributed by atoms with Crippen LogP contribution in [0.4, 0.5) is 0 Å². The lowest BCUT2D eigenvalue weighted by Gasteiger charge is -2.23. The van der Waals surface area contributed by atoms with Crippen LogP contribution in [0, 0.1) is 0 Å². The molecule has 0 radical (unpaired) electrons. The summed E-state index contributed by atoms with van der Waals surface area (Å²) < 4.78 is 13.6. The van der Waals surface area contributed by atoms with E-state index in [1.165, 1.54) is 0 Å². The average Bonchev–Trinajstić information content (AvgIpc) is 3.30. The van der Waals surface area contributed by atoms with Crippen LogP contribution in [0.15, 0.2) is 36.8 Å². The lowest BCUT2D eigenvalue weighted by Crippen LogP contribution is -2.36. The van der Waals surface area contributed by atoms with E-state index in [0.29, 0.717) is 31.1 Å². The molecule has 0 N–H and O–H groups in total. The third kappa shape index (κ3) is 2.87. The first-order chi connectivity index (χ1) is 11.6. The van der Waals surface area contributed by atoms with E-state index >= 15 is 0 Å². The number of carbonyl (C=O) groups excluding carboxylic acids is 1. The van der Waals surface area contributed by atoms with Crippen molar-refractivity contribution in [1.29, 1.82) is 0 Å². The van der Waals surface area contributed by atoms with Gasteiger partial charge in [0.25, 0.3) is 5.91 Å². The number of carbonyl (C=O) groups is 1. The highest BCUT2D eigenvalue weighted by Gasteiger charge is 2.47. The van der Waals surface area contributed by atoms with Gasteiger partial charge in [-0.2, -0.15) is 5.10 Å². The van der Waals surface area contributed by atoms with Crippen LogP contribution in [-0.4, -0.2) is 57.0 Å². The van der Waals surface area contributed by atoms with E-state index in [4.69, 9.17) is 9.47 Å². The molecule has 2 atom stereocenters. The zero-order valence-electron chi connectivity index (χ0n) is 13.6. The molecule has 4 heterocycles. The fourth-order valence-electron chi connectivity index (χ4n) is 3.48. The summed E-state index contributed by atoms with van der Waals surface area (Å²) in [5.74, 6) is 0.627. The van der Waals surface area contributed by atoms with Crippen molar-refractivity contribution >= 4 is 5.91 Å². The maximum atomic E-state index is 12.5. The van der Waals surface area contributed by atoms with Gasteiger partial charge in [0.05, 0.1) is 30.5 Å². The quantitative estimate of drug-likeness (QED) is 0.849.